The molecule has 0 aromatic heterocycles. The predicted molar refractivity (Wildman–Crippen MR) is 117 cm³/mol. The summed E-state index contributed by atoms with van der Waals surface area (Å²) in [5.74, 6) is 1.50. The fourth-order valence-electron chi connectivity index (χ4n) is 4.47. The van der Waals surface area contributed by atoms with E-state index in [4.69, 9.17) is 9.51 Å². The maximum absolute atomic E-state index is 5.75. The summed E-state index contributed by atoms with van der Waals surface area (Å²) in [4.78, 5) is 0. The molecule has 4 rings (SSSR count). The van der Waals surface area contributed by atoms with E-state index in [0.29, 0.717) is 0 Å². The van der Waals surface area contributed by atoms with Gasteiger partial charge >= 0.3 is 7.69 Å². The molecule has 5 heteroatoms. The van der Waals surface area contributed by atoms with Crippen LogP contribution in [0.3, 0.4) is 0 Å². The summed E-state index contributed by atoms with van der Waals surface area (Å²) in [7, 11) is 1.52. The third kappa shape index (κ3) is 6.68. The fraction of sp³-hybridized carbons (Fsp3) is 0.500. The standard InChI is InChI=1S/C24H32BN2O2/c1-3-7-21(8-4-1)19-23-11-15-26(16-12-23)28-25-29-27-17-13-24(14-18-27)20-22-9-5-2-6-10-22/h1-10,23-24H,11-20H2. The molecular weight excluding hydrogens is 359 g/mol. The maximum Gasteiger partial charge on any atom is 0.525 e. The zero-order valence-corrected chi connectivity index (χ0v) is 17.3. The largest absolute Gasteiger partial charge is 0.525 e. The summed E-state index contributed by atoms with van der Waals surface area (Å²) in [5, 5.41) is 4.06. The van der Waals surface area contributed by atoms with Crippen molar-refractivity contribution in [1.82, 2.24) is 10.1 Å². The minimum atomic E-state index is 0.752. The van der Waals surface area contributed by atoms with Crippen LogP contribution in [0.15, 0.2) is 60.7 Å². The molecule has 2 heterocycles. The van der Waals surface area contributed by atoms with Crippen molar-refractivity contribution in [2.45, 2.75) is 38.5 Å². The number of benzene rings is 2. The Labute approximate surface area is 176 Å². The zero-order chi connectivity index (χ0) is 19.7. The van der Waals surface area contributed by atoms with E-state index in [0.717, 1.165) is 38.0 Å². The van der Waals surface area contributed by atoms with E-state index in [2.05, 4.69) is 60.7 Å². The van der Waals surface area contributed by atoms with E-state index in [-0.39, 0.29) is 0 Å². The van der Waals surface area contributed by atoms with Crippen molar-refractivity contribution < 1.29 is 9.51 Å². The van der Waals surface area contributed by atoms with E-state index < -0.39 is 0 Å². The molecule has 153 valence electrons. The normalized spacial score (nSPS) is 20.0. The van der Waals surface area contributed by atoms with Crippen molar-refractivity contribution in [2.75, 3.05) is 26.2 Å². The van der Waals surface area contributed by atoms with E-state index in [9.17, 15) is 0 Å². The van der Waals surface area contributed by atoms with Gasteiger partial charge in [0, 0.05) is 26.2 Å². The molecular formula is C24H32BN2O2. The Morgan fingerprint density at radius 2 is 1.00 bits per heavy atom. The smallest absolute Gasteiger partial charge is 0.325 e. The van der Waals surface area contributed by atoms with E-state index in [1.807, 2.05) is 10.1 Å². The first kappa shape index (κ1) is 20.6. The Hall–Kier alpha value is -1.66. The van der Waals surface area contributed by atoms with Crippen LogP contribution in [0.1, 0.15) is 36.8 Å². The van der Waals surface area contributed by atoms with Crippen LogP contribution in [-0.2, 0) is 22.4 Å². The first-order valence-corrected chi connectivity index (χ1v) is 11.1. The second-order valence-corrected chi connectivity index (χ2v) is 8.43. The molecule has 2 aliphatic heterocycles. The van der Waals surface area contributed by atoms with Crippen molar-refractivity contribution in [2.24, 2.45) is 11.8 Å². The molecule has 0 saturated carbocycles. The van der Waals surface area contributed by atoms with Gasteiger partial charge in [-0.05, 0) is 61.5 Å². The number of hydrogen-bond donors (Lipinski definition) is 0. The highest BCUT2D eigenvalue weighted by molar-refractivity contribution is 6.17. The van der Waals surface area contributed by atoms with E-state index in [1.54, 1.807) is 0 Å². The first-order valence-electron chi connectivity index (χ1n) is 11.1. The van der Waals surface area contributed by atoms with E-state index >= 15 is 0 Å². The molecule has 0 bridgehead atoms. The number of hydroxylamine groups is 4. The number of piperidine rings is 2. The Bertz CT molecular complexity index is 638. The third-order valence-electron chi connectivity index (χ3n) is 6.27. The van der Waals surface area contributed by atoms with Gasteiger partial charge in [0.25, 0.3) is 0 Å². The Morgan fingerprint density at radius 3 is 1.38 bits per heavy atom. The van der Waals surface area contributed by atoms with Crippen LogP contribution in [0.5, 0.6) is 0 Å². The van der Waals surface area contributed by atoms with Gasteiger partial charge in [-0.25, -0.2) is 10.1 Å². The van der Waals surface area contributed by atoms with Gasteiger partial charge in [0.1, 0.15) is 0 Å². The average Bonchev–Trinajstić information content (AvgIpc) is 2.78. The Balaban J connectivity index is 1.07. The highest BCUT2D eigenvalue weighted by Crippen LogP contribution is 2.23. The summed E-state index contributed by atoms with van der Waals surface area (Å²) in [6, 6.07) is 21.6. The molecule has 0 aliphatic carbocycles. The van der Waals surface area contributed by atoms with Gasteiger partial charge in [-0.2, -0.15) is 0 Å². The summed E-state index contributed by atoms with van der Waals surface area (Å²) in [6.07, 6.45) is 7.04. The SMILES string of the molecule is [B](ON1CCC(Cc2ccccc2)CC1)ON1CCC(Cc2ccccc2)CC1. The van der Waals surface area contributed by atoms with Crippen molar-refractivity contribution in [3.05, 3.63) is 71.8 Å². The highest BCUT2D eigenvalue weighted by atomic mass is 16.8. The van der Waals surface area contributed by atoms with Gasteiger partial charge in [-0.3, -0.25) is 0 Å². The molecule has 2 aromatic carbocycles. The first-order chi connectivity index (χ1) is 14.3. The van der Waals surface area contributed by atoms with Gasteiger partial charge in [-0.15, -0.1) is 0 Å². The zero-order valence-electron chi connectivity index (χ0n) is 17.3. The topological polar surface area (TPSA) is 24.9 Å². The third-order valence-corrected chi connectivity index (χ3v) is 6.27. The molecule has 2 saturated heterocycles. The van der Waals surface area contributed by atoms with Crippen LogP contribution < -0.4 is 0 Å². The summed E-state index contributed by atoms with van der Waals surface area (Å²) in [5.41, 5.74) is 2.88. The molecule has 4 nitrogen and oxygen atoms in total. The molecule has 29 heavy (non-hydrogen) atoms. The Morgan fingerprint density at radius 1 is 0.621 bits per heavy atom. The average molecular weight is 391 g/mol. The van der Waals surface area contributed by atoms with Crippen LogP contribution in [0, 0.1) is 11.8 Å². The second kappa shape index (κ2) is 10.9. The van der Waals surface area contributed by atoms with Crippen molar-refractivity contribution in [1.29, 1.82) is 0 Å². The molecule has 0 spiro atoms. The van der Waals surface area contributed by atoms with Crippen LogP contribution in [0.4, 0.5) is 0 Å². The minimum absolute atomic E-state index is 0.752. The molecule has 2 aliphatic rings. The van der Waals surface area contributed by atoms with Crippen LogP contribution in [-0.4, -0.2) is 44.0 Å². The number of rotatable bonds is 8. The molecule has 0 N–H and O–H groups in total. The highest BCUT2D eigenvalue weighted by Gasteiger charge is 2.23. The second-order valence-electron chi connectivity index (χ2n) is 8.43. The molecule has 0 unspecified atom stereocenters. The summed E-state index contributed by atoms with van der Waals surface area (Å²) < 4.78 is 11.5. The molecule has 0 atom stereocenters. The molecule has 2 fully saturated rings. The van der Waals surface area contributed by atoms with Crippen LogP contribution in [0.2, 0.25) is 0 Å². The summed E-state index contributed by atoms with van der Waals surface area (Å²) in [6.45, 7) is 3.88. The quantitative estimate of drug-likeness (QED) is 0.627. The number of nitrogens with zero attached hydrogens (tertiary/aromatic N) is 2. The van der Waals surface area contributed by atoms with Crippen molar-refractivity contribution in [3.63, 3.8) is 0 Å². The lowest BCUT2D eigenvalue weighted by Crippen LogP contribution is -2.39. The lowest BCUT2D eigenvalue weighted by Gasteiger charge is -2.33. The summed E-state index contributed by atoms with van der Waals surface area (Å²) >= 11 is 0. The van der Waals surface area contributed by atoms with Crippen molar-refractivity contribution in [3.8, 4) is 0 Å². The molecule has 0 amide bonds. The van der Waals surface area contributed by atoms with Crippen molar-refractivity contribution >= 4 is 7.69 Å². The maximum atomic E-state index is 5.75. The van der Waals surface area contributed by atoms with Crippen LogP contribution >= 0.6 is 0 Å². The molecule has 1 radical (unpaired) electrons. The van der Waals surface area contributed by atoms with Gasteiger partial charge in [0.15, 0.2) is 0 Å². The predicted octanol–water partition coefficient (Wildman–Crippen LogP) is 4.29. The van der Waals surface area contributed by atoms with Gasteiger partial charge in [-0.1, -0.05) is 60.7 Å². The Kier molecular flexibility index (Phi) is 7.77. The lowest BCUT2D eigenvalue weighted by molar-refractivity contribution is -0.145. The van der Waals surface area contributed by atoms with Gasteiger partial charge in [0.2, 0.25) is 0 Å². The van der Waals surface area contributed by atoms with E-state index in [1.165, 1.54) is 57.3 Å². The lowest BCUT2D eigenvalue weighted by atomic mass is 9.91. The number of hydrogen-bond acceptors (Lipinski definition) is 4. The van der Waals surface area contributed by atoms with Gasteiger partial charge < -0.3 is 9.51 Å². The monoisotopic (exact) mass is 391 g/mol. The van der Waals surface area contributed by atoms with Gasteiger partial charge in [0.05, 0.1) is 0 Å². The van der Waals surface area contributed by atoms with Crippen LogP contribution in [0.25, 0.3) is 0 Å². The minimum Gasteiger partial charge on any atom is -0.325 e. The fourth-order valence-corrected chi connectivity index (χ4v) is 4.47. The molecule has 2 aromatic rings.